The van der Waals surface area contributed by atoms with Gasteiger partial charge in [-0.1, -0.05) is 50.2 Å². The SMILES string of the molecule is CC(C)c1ccc(C(N)c2ccc(C(=O)O)cc2)cc1. The number of hydrogen-bond acceptors (Lipinski definition) is 2. The molecule has 0 fully saturated rings. The zero-order valence-electron chi connectivity index (χ0n) is 11.7. The molecule has 1 atom stereocenters. The monoisotopic (exact) mass is 269 g/mol. The minimum Gasteiger partial charge on any atom is -0.478 e. The first-order valence-electron chi connectivity index (χ1n) is 6.67. The molecule has 0 aliphatic rings. The fraction of sp³-hybridized carbons (Fsp3) is 0.235. The molecule has 3 heteroatoms. The first-order valence-corrected chi connectivity index (χ1v) is 6.67. The van der Waals surface area contributed by atoms with Crippen LogP contribution in [0.5, 0.6) is 0 Å². The van der Waals surface area contributed by atoms with Crippen molar-refractivity contribution in [1.82, 2.24) is 0 Å². The molecular weight excluding hydrogens is 250 g/mol. The fourth-order valence-corrected chi connectivity index (χ4v) is 2.11. The second-order valence-electron chi connectivity index (χ2n) is 5.23. The van der Waals surface area contributed by atoms with E-state index in [0.29, 0.717) is 5.92 Å². The zero-order valence-corrected chi connectivity index (χ0v) is 11.7. The van der Waals surface area contributed by atoms with Gasteiger partial charge in [-0.25, -0.2) is 4.79 Å². The Morgan fingerprint density at radius 1 is 0.900 bits per heavy atom. The number of benzene rings is 2. The van der Waals surface area contributed by atoms with Crippen LogP contribution in [0.1, 0.15) is 52.9 Å². The zero-order chi connectivity index (χ0) is 14.7. The molecule has 0 saturated carbocycles. The van der Waals surface area contributed by atoms with Crippen LogP contribution in [-0.2, 0) is 0 Å². The molecule has 20 heavy (non-hydrogen) atoms. The van der Waals surface area contributed by atoms with E-state index in [9.17, 15) is 4.79 Å². The topological polar surface area (TPSA) is 63.3 Å². The smallest absolute Gasteiger partial charge is 0.335 e. The van der Waals surface area contributed by atoms with E-state index in [1.807, 2.05) is 12.1 Å². The van der Waals surface area contributed by atoms with Gasteiger partial charge in [-0.2, -0.15) is 0 Å². The van der Waals surface area contributed by atoms with Crippen molar-refractivity contribution in [2.45, 2.75) is 25.8 Å². The maximum Gasteiger partial charge on any atom is 0.335 e. The summed E-state index contributed by atoms with van der Waals surface area (Å²) >= 11 is 0. The molecule has 3 N–H and O–H groups in total. The van der Waals surface area contributed by atoms with Crippen molar-refractivity contribution in [2.75, 3.05) is 0 Å². The van der Waals surface area contributed by atoms with Gasteiger partial charge in [0.1, 0.15) is 0 Å². The molecule has 0 heterocycles. The van der Waals surface area contributed by atoms with Crippen LogP contribution in [0, 0.1) is 0 Å². The van der Waals surface area contributed by atoms with Crippen molar-refractivity contribution in [2.24, 2.45) is 5.73 Å². The molecule has 2 aromatic carbocycles. The maximum absolute atomic E-state index is 10.8. The first-order chi connectivity index (χ1) is 9.49. The highest BCUT2D eigenvalue weighted by Crippen LogP contribution is 2.22. The Morgan fingerprint density at radius 3 is 1.70 bits per heavy atom. The van der Waals surface area contributed by atoms with Crippen molar-refractivity contribution in [3.05, 3.63) is 70.8 Å². The van der Waals surface area contributed by atoms with Gasteiger partial charge in [0, 0.05) is 0 Å². The third kappa shape index (κ3) is 3.06. The van der Waals surface area contributed by atoms with Crippen LogP contribution < -0.4 is 5.73 Å². The highest BCUT2D eigenvalue weighted by molar-refractivity contribution is 5.87. The van der Waals surface area contributed by atoms with Crippen LogP contribution >= 0.6 is 0 Å². The summed E-state index contributed by atoms with van der Waals surface area (Å²) in [6.45, 7) is 4.30. The summed E-state index contributed by atoms with van der Waals surface area (Å²) in [6.07, 6.45) is 0. The van der Waals surface area contributed by atoms with Crippen LogP contribution in [0.15, 0.2) is 48.5 Å². The summed E-state index contributed by atoms with van der Waals surface area (Å²) in [7, 11) is 0. The van der Waals surface area contributed by atoms with Crippen molar-refractivity contribution < 1.29 is 9.90 Å². The van der Waals surface area contributed by atoms with Gasteiger partial charge in [-0.3, -0.25) is 0 Å². The Morgan fingerprint density at radius 2 is 1.30 bits per heavy atom. The average Bonchev–Trinajstić information content (AvgIpc) is 2.46. The Bertz CT molecular complexity index is 585. The summed E-state index contributed by atoms with van der Waals surface area (Å²) in [5.41, 5.74) is 9.71. The molecule has 0 aliphatic heterocycles. The van der Waals surface area contributed by atoms with Crippen LogP contribution in [0.2, 0.25) is 0 Å². The molecule has 0 spiro atoms. The van der Waals surface area contributed by atoms with Gasteiger partial charge in [0.15, 0.2) is 0 Å². The van der Waals surface area contributed by atoms with Crippen molar-refractivity contribution in [1.29, 1.82) is 0 Å². The van der Waals surface area contributed by atoms with Crippen molar-refractivity contribution >= 4 is 5.97 Å². The van der Waals surface area contributed by atoms with Crippen molar-refractivity contribution in [3.8, 4) is 0 Å². The number of carboxylic acids is 1. The number of carbonyl (C=O) groups is 1. The van der Waals surface area contributed by atoms with Crippen LogP contribution in [-0.4, -0.2) is 11.1 Å². The molecule has 0 aliphatic carbocycles. The van der Waals surface area contributed by atoms with Gasteiger partial charge >= 0.3 is 5.97 Å². The highest BCUT2D eigenvalue weighted by Gasteiger charge is 2.10. The normalized spacial score (nSPS) is 12.4. The van der Waals surface area contributed by atoms with Crippen LogP contribution in [0.4, 0.5) is 0 Å². The Kier molecular flexibility index (Phi) is 4.20. The Hall–Kier alpha value is -2.13. The third-order valence-corrected chi connectivity index (χ3v) is 3.48. The number of carboxylic acid groups (broad SMARTS) is 1. The van der Waals surface area contributed by atoms with E-state index in [-0.39, 0.29) is 11.6 Å². The number of aromatic carboxylic acids is 1. The van der Waals surface area contributed by atoms with E-state index in [4.69, 9.17) is 10.8 Å². The molecule has 0 aromatic heterocycles. The fourth-order valence-electron chi connectivity index (χ4n) is 2.11. The lowest BCUT2D eigenvalue weighted by Gasteiger charge is -2.14. The maximum atomic E-state index is 10.8. The van der Waals surface area contributed by atoms with E-state index in [2.05, 4.69) is 26.0 Å². The molecule has 0 radical (unpaired) electrons. The van der Waals surface area contributed by atoms with E-state index >= 15 is 0 Å². The molecule has 0 saturated heterocycles. The predicted molar refractivity (Wildman–Crippen MR) is 80.0 cm³/mol. The van der Waals surface area contributed by atoms with E-state index in [0.717, 1.165) is 11.1 Å². The largest absolute Gasteiger partial charge is 0.478 e. The van der Waals surface area contributed by atoms with Crippen LogP contribution in [0.25, 0.3) is 0 Å². The molecule has 3 nitrogen and oxygen atoms in total. The molecule has 0 amide bonds. The standard InChI is InChI=1S/C17H19NO2/c1-11(2)12-3-5-13(6-4-12)16(18)14-7-9-15(10-8-14)17(19)20/h3-11,16H,18H2,1-2H3,(H,19,20). The summed E-state index contributed by atoms with van der Waals surface area (Å²) < 4.78 is 0. The van der Waals surface area contributed by atoms with Crippen LogP contribution in [0.3, 0.4) is 0 Å². The lowest BCUT2D eigenvalue weighted by Crippen LogP contribution is -2.12. The van der Waals surface area contributed by atoms with Gasteiger partial charge in [0.05, 0.1) is 11.6 Å². The second-order valence-corrected chi connectivity index (χ2v) is 5.23. The minimum absolute atomic E-state index is 0.237. The molecule has 1 unspecified atom stereocenters. The van der Waals surface area contributed by atoms with Gasteiger partial charge in [-0.15, -0.1) is 0 Å². The quantitative estimate of drug-likeness (QED) is 0.892. The third-order valence-electron chi connectivity index (χ3n) is 3.48. The summed E-state index contributed by atoms with van der Waals surface area (Å²) in [4.78, 5) is 10.8. The predicted octanol–water partition coefficient (Wildman–Crippen LogP) is 3.56. The molecule has 104 valence electrons. The average molecular weight is 269 g/mol. The van der Waals surface area contributed by atoms with Crippen molar-refractivity contribution in [3.63, 3.8) is 0 Å². The number of nitrogens with two attached hydrogens (primary N) is 1. The summed E-state index contributed by atoms with van der Waals surface area (Å²) in [5, 5.41) is 8.88. The first kappa shape index (κ1) is 14.3. The minimum atomic E-state index is -0.925. The van der Waals surface area contributed by atoms with E-state index in [1.54, 1.807) is 24.3 Å². The Labute approximate surface area is 119 Å². The Balaban J connectivity index is 2.21. The highest BCUT2D eigenvalue weighted by atomic mass is 16.4. The molecular formula is C17H19NO2. The van der Waals surface area contributed by atoms with E-state index in [1.165, 1.54) is 5.56 Å². The molecule has 2 rings (SSSR count). The van der Waals surface area contributed by atoms with E-state index < -0.39 is 5.97 Å². The molecule has 2 aromatic rings. The summed E-state index contributed by atoms with van der Waals surface area (Å²) in [5.74, 6) is -0.429. The van der Waals surface area contributed by atoms with Gasteiger partial charge in [0.2, 0.25) is 0 Å². The second kappa shape index (κ2) is 5.88. The summed E-state index contributed by atoms with van der Waals surface area (Å²) in [6, 6.07) is 14.7. The van der Waals surface area contributed by atoms with Gasteiger partial charge in [0.25, 0.3) is 0 Å². The lowest BCUT2D eigenvalue weighted by atomic mass is 9.95. The van der Waals surface area contributed by atoms with Gasteiger partial charge < -0.3 is 10.8 Å². The number of rotatable bonds is 4. The van der Waals surface area contributed by atoms with Gasteiger partial charge in [-0.05, 0) is 34.7 Å². The number of hydrogen-bond donors (Lipinski definition) is 2. The molecule has 0 bridgehead atoms. The lowest BCUT2D eigenvalue weighted by molar-refractivity contribution is 0.0697.